The molecule has 2 aromatic carbocycles. The van der Waals surface area contributed by atoms with E-state index < -0.39 is 0 Å². The van der Waals surface area contributed by atoms with Crippen LogP contribution in [0.4, 0.5) is 17.5 Å². The van der Waals surface area contributed by atoms with Crippen molar-refractivity contribution < 1.29 is 4.74 Å². The molecule has 2 aromatic heterocycles. The van der Waals surface area contributed by atoms with E-state index in [1.807, 2.05) is 30.8 Å². The van der Waals surface area contributed by atoms with Crippen LogP contribution >= 0.6 is 0 Å². The quantitative estimate of drug-likeness (QED) is 0.351. The highest BCUT2D eigenvalue weighted by atomic mass is 16.5. The number of nitrogens with zero attached hydrogens (tertiary/aromatic N) is 7. The summed E-state index contributed by atoms with van der Waals surface area (Å²) < 4.78 is 7.50. The van der Waals surface area contributed by atoms with Crippen LogP contribution in [0.5, 0.6) is 0 Å². The van der Waals surface area contributed by atoms with Crippen molar-refractivity contribution in [3.63, 3.8) is 0 Å². The van der Waals surface area contributed by atoms with Gasteiger partial charge in [-0.3, -0.25) is 9.99 Å². The zero-order chi connectivity index (χ0) is 23.5. The van der Waals surface area contributed by atoms with E-state index >= 15 is 0 Å². The van der Waals surface area contributed by atoms with Gasteiger partial charge in [-0.2, -0.15) is 15.1 Å². The lowest BCUT2D eigenvalue weighted by Crippen LogP contribution is -2.37. The van der Waals surface area contributed by atoms with Crippen LogP contribution in [0.2, 0.25) is 0 Å². The van der Waals surface area contributed by atoms with Crippen LogP contribution in [0.1, 0.15) is 11.1 Å². The number of fused-ring (bicyclic) bond motifs is 1. The van der Waals surface area contributed by atoms with Gasteiger partial charge in [-0.15, -0.1) is 0 Å². The molecule has 0 bridgehead atoms. The molecule has 9 heteroatoms. The van der Waals surface area contributed by atoms with Gasteiger partial charge >= 0.3 is 0 Å². The molecule has 0 atom stereocenters. The van der Waals surface area contributed by atoms with Crippen molar-refractivity contribution in [1.29, 1.82) is 0 Å². The highest BCUT2D eigenvalue weighted by molar-refractivity contribution is 5.87. The van der Waals surface area contributed by atoms with E-state index in [1.54, 1.807) is 12.5 Å². The third-order valence-electron chi connectivity index (χ3n) is 5.75. The van der Waals surface area contributed by atoms with Gasteiger partial charge in [-0.05, 0) is 36.8 Å². The highest BCUT2D eigenvalue weighted by Gasteiger charge is 2.19. The minimum Gasteiger partial charge on any atom is -0.378 e. The van der Waals surface area contributed by atoms with Crippen LogP contribution in [0.25, 0.3) is 16.9 Å². The Morgan fingerprint density at radius 2 is 1.85 bits per heavy atom. The molecule has 4 aromatic rings. The summed E-state index contributed by atoms with van der Waals surface area (Å²) in [5, 5.41) is 4.44. The van der Waals surface area contributed by atoms with E-state index in [0.29, 0.717) is 30.5 Å². The van der Waals surface area contributed by atoms with E-state index in [2.05, 4.69) is 68.6 Å². The number of imidazole rings is 1. The van der Waals surface area contributed by atoms with Crippen molar-refractivity contribution in [2.75, 3.05) is 55.6 Å². The van der Waals surface area contributed by atoms with E-state index in [0.717, 1.165) is 35.7 Å². The molecule has 0 unspecified atom stereocenters. The first-order chi connectivity index (χ1) is 16.6. The molecule has 1 fully saturated rings. The fraction of sp³-hybridized carbons (Fsp3) is 0.280. The van der Waals surface area contributed by atoms with Gasteiger partial charge in [0.15, 0.2) is 17.0 Å². The minimum atomic E-state index is 0.569. The van der Waals surface area contributed by atoms with Gasteiger partial charge in [-0.25, -0.2) is 4.98 Å². The Kier molecular flexibility index (Phi) is 6.09. The summed E-state index contributed by atoms with van der Waals surface area (Å²) in [4.78, 5) is 18.5. The summed E-state index contributed by atoms with van der Waals surface area (Å²) >= 11 is 0. The predicted octanol–water partition coefficient (Wildman–Crippen LogP) is 3.47. The van der Waals surface area contributed by atoms with E-state index in [4.69, 9.17) is 14.7 Å². The summed E-state index contributed by atoms with van der Waals surface area (Å²) in [6.45, 7) is 4.85. The number of hydrogen-bond acceptors (Lipinski definition) is 8. The molecule has 0 saturated carbocycles. The Bertz CT molecular complexity index is 1310. The normalized spacial score (nSPS) is 14.1. The van der Waals surface area contributed by atoms with Crippen LogP contribution < -0.4 is 15.2 Å². The Morgan fingerprint density at radius 3 is 2.59 bits per heavy atom. The standard InChI is InChI=1S/C25H28N8O/c1-18-5-4-6-19(15-18)16-27-30-23-22-24(29-25(28-23)32-11-13-34-14-12-32)33(17-26-22)21-9-7-20(8-10-21)31(2)3/h4-10,15-17H,11-14H2,1-3H3,(H,28,29,30). The molecule has 1 N–H and O–H groups in total. The Balaban J connectivity index is 1.53. The van der Waals surface area contributed by atoms with Gasteiger partial charge in [-0.1, -0.05) is 29.8 Å². The maximum atomic E-state index is 5.51. The Hall–Kier alpha value is -3.98. The minimum absolute atomic E-state index is 0.569. The Morgan fingerprint density at radius 1 is 1.06 bits per heavy atom. The molecule has 0 radical (unpaired) electrons. The molecular weight excluding hydrogens is 428 g/mol. The van der Waals surface area contributed by atoms with Crippen LogP contribution in [-0.2, 0) is 4.74 Å². The molecule has 1 aliphatic rings. The fourth-order valence-electron chi connectivity index (χ4n) is 3.89. The number of anilines is 3. The second kappa shape index (κ2) is 9.48. The van der Waals surface area contributed by atoms with Gasteiger partial charge < -0.3 is 14.5 Å². The largest absolute Gasteiger partial charge is 0.378 e. The third kappa shape index (κ3) is 4.55. The van der Waals surface area contributed by atoms with Crippen molar-refractivity contribution in [2.45, 2.75) is 6.92 Å². The lowest BCUT2D eigenvalue weighted by molar-refractivity contribution is 0.122. The van der Waals surface area contributed by atoms with Gasteiger partial charge in [0, 0.05) is 38.6 Å². The average Bonchev–Trinajstić information content (AvgIpc) is 3.29. The molecule has 0 amide bonds. The third-order valence-corrected chi connectivity index (χ3v) is 5.75. The van der Waals surface area contributed by atoms with E-state index in [9.17, 15) is 0 Å². The van der Waals surface area contributed by atoms with Crippen LogP contribution in [-0.4, -0.2) is 66.1 Å². The van der Waals surface area contributed by atoms with Gasteiger partial charge in [0.25, 0.3) is 0 Å². The first kappa shape index (κ1) is 21.8. The van der Waals surface area contributed by atoms with Crippen molar-refractivity contribution >= 4 is 34.8 Å². The zero-order valence-electron chi connectivity index (χ0n) is 19.6. The highest BCUT2D eigenvalue weighted by Crippen LogP contribution is 2.26. The second-order valence-corrected chi connectivity index (χ2v) is 8.45. The van der Waals surface area contributed by atoms with Crippen molar-refractivity contribution in [1.82, 2.24) is 19.5 Å². The summed E-state index contributed by atoms with van der Waals surface area (Å²) in [6, 6.07) is 16.5. The van der Waals surface area contributed by atoms with Crippen LogP contribution in [0.3, 0.4) is 0 Å². The number of aryl methyl sites for hydroxylation is 1. The van der Waals surface area contributed by atoms with Crippen molar-refractivity contribution in [3.05, 3.63) is 66.0 Å². The van der Waals surface area contributed by atoms with Gasteiger partial charge in [0.2, 0.25) is 5.95 Å². The summed E-state index contributed by atoms with van der Waals surface area (Å²) in [5.41, 5.74) is 8.79. The van der Waals surface area contributed by atoms with Crippen LogP contribution in [0.15, 0.2) is 60.0 Å². The molecular formula is C25H28N8O. The summed E-state index contributed by atoms with van der Waals surface area (Å²) in [6.07, 6.45) is 3.56. The summed E-state index contributed by atoms with van der Waals surface area (Å²) in [5.74, 6) is 1.20. The van der Waals surface area contributed by atoms with Gasteiger partial charge in [0.1, 0.15) is 6.33 Å². The number of ether oxygens (including phenoxy) is 1. The van der Waals surface area contributed by atoms with E-state index in [-0.39, 0.29) is 0 Å². The fourth-order valence-corrected chi connectivity index (χ4v) is 3.89. The number of hydrogen-bond donors (Lipinski definition) is 1. The summed E-state index contributed by atoms with van der Waals surface area (Å²) in [7, 11) is 4.05. The van der Waals surface area contributed by atoms with Gasteiger partial charge in [0.05, 0.1) is 19.4 Å². The second-order valence-electron chi connectivity index (χ2n) is 8.45. The molecule has 3 heterocycles. The topological polar surface area (TPSA) is 83.7 Å². The number of nitrogens with one attached hydrogen (secondary N) is 1. The number of hydrazone groups is 1. The van der Waals surface area contributed by atoms with Crippen molar-refractivity contribution in [2.24, 2.45) is 5.10 Å². The lowest BCUT2D eigenvalue weighted by Gasteiger charge is -2.27. The molecule has 0 spiro atoms. The number of morpholine rings is 1. The smallest absolute Gasteiger partial charge is 0.229 e. The monoisotopic (exact) mass is 456 g/mol. The van der Waals surface area contributed by atoms with E-state index in [1.165, 1.54) is 5.56 Å². The number of aromatic nitrogens is 4. The molecule has 9 nitrogen and oxygen atoms in total. The number of benzene rings is 2. The maximum absolute atomic E-state index is 5.51. The molecule has 174 valence electrons. The molecule has 34 heavy (non-hydrogen) atoms. The van der Waals surface area contributed by atoms with Crippen molar-refractivity contribution in [3.8, 4) is 5.69 Å². The van der Waals surface area contributed by atoms with Crippen LogP contribution in [0, 0.1) is 6.92 Å². The first-order valence-electron chi connectivity index (χ1n) is 11.3. The molecule has 1 saturated heterocycles. The molecule has 5 rings (SSSR count). The molecule has 0 aliphatic carbocycles. The first-order valence-corrected chi connectivity index (χ1v) is 11.3. The SMILES string of the molecule is Cc1cccc(C=NNc2nc(N3CCOCC3)nc3c2ncn3-c2ccc(N(C)C)cc2)c1. The lowest BCUT2D eigenvalue weighted by atomic mass is 10.2. The maximum Gasteiger partial charge on any atom is 0.229 e. The molecule has 1 aliphatic heterocycles. The average molecular weight is 457 g/mol. The number of rotatable bonds is 6. The zero-order valence-corrected chi connectivity index (χ0v) is 19.6. The Labute approximate surface area is 198 Å². The predicted molar refractivity (Wildman–Crippen MR) is 136 cm³/mol.